The lowest BCUT2D eigenvalue weighted by molar-refractivity contribution is 0.198. The van der Waals surface area contributed by atoms with Crippen molar-refractivity contribution >= 4 is 0 Å². The monoisotopic (exact) mass is 243 g/mol. The van der Waals surface area contributed by atoms with Crippen LogP contribution < -0.4 is 5.73 Å². The SMILES string of the molecule is CC1(C)CCC(N)C(c2ccc3c(c2)CCC3)C1. The van der Waals surface area contributed by atoms with E-state index in [0.717, 1.165) is 0 Å². The highest BCUT2D eigenvalue weighted by Gasteiger charge is 2.34. The standard InChI is InChI=1S/C17H25N/c1-17(2)9-8-16(18)15(11-17)14-7-6-12-4-3-5-13(12)10-14/h6-7,10,15-16H,3-5,8-9,11,18H2,1-2H3. The Labute approximate surface area is 111 Å². The first-order valence-electron chi connectivity index (χ1n) is 7.42. The Bertz CT molecular complexity index is 447. The first-order chi connectivity index (χ1) is 8.55. The second-order valence-electron chi connectivity index (χ2n) is 7.06. The fourth-order valence-corrected chi connectivity index (χ4v) is 3.79. The van der Waals surface area contributed by atoms with Gasteiger partial charge in [0.05, 0.1) is 0 Å². The summed E-state index contributed by atoms with van der Waals surface area (Å²) in [4.78, 5) is 0. The number of hydrogen-bond acceptors (Lipinski definition) is 1. The number of rotatable bonds is 1. The van der Waals surface area contributed by atoms with Gasteiger partial charge in [-0.25, -0.2) is 0 Å². The molecule has 0 aliphatic heterocycles. The fraction of sp³-hybridized carbons (Fsp3) is 0.647. The van der Waals surface area contributed by atoms with Gasteiger partial charge in [-0.05, 0) is 66.5 Å². The van der Waals surface area contributed by atoms with Gasteiger partial charge in [-0.1, -0.05) is 32.0 Å². The van der Waals surface area contributed by atoms with E-state index in [4.69, 9.17) is 5.73 Å². The minimum absolute atomic E-state index is 0.359. The lowest BCUT2D eigenvalue weighted by atomic mass is 9.68. The van der Waals surface area contributed by atoms with Crippen LogP contribution in [-0.4, -0.2) is 6.04 Å². The Morgan fingerprint density at radius 1 is 1.17 bits per heavy atom. The van der Waals surface area contributed by atoms with E-state index >= 15 is 0 Å². The number of nitrogens with two attached hydrogens (primary N) is 1. The molecule has 0 spiro atoms. The Hall–Kier alpha value is -0.820. The zero-order valence-corrected chi connectivity index (χ0v) is 11.7. The van der Waals surface area contributed by atoms with Crippen LogP contribution in [0, 0.1) is 5.41 Å². The molecule has 2 atom stereocenters. The largest absolute Gasteiger partial charge is 0.327 e. The van der Waals surface area contributed by atoms with Gasteiger partial charge in [-0.2, -0.15) is 0 Å². The highest BCUT2D eigenvalue weighted by molar-refractivity contribution is 5.37. The normalized spacial score (nSPS) is 30.2. The quantitative estimate of drug-likeness (QED) is 0.797. The molecule has 1 saturated carbocycles. The molecule has 0 saturated heterocycles. The molecule has 1 heteroatoms. The van der Waals surface area contributed by atoms with Crippen molar-refractivity contribution in [3.63, 3.8) is 0 Å². The van der Waals surface area contributed by atoms with Crippen molar-refractivity contribution in [1.29, 1.82) is 0 Å². The van der Waals surface area contributed by atoms with Crippen molar-refractivity contribution in [3.05, 3.63) is 34.9 Å². The molecule has 0 heterocycles. The molecule has 2 unspecified atom stereocenters. The molecule has 98 valence electrons. The van der Waals surface area contributed by atoms with Crippen LogP contribution in [0.15, 0.2) is 18.2 Å². The summed E-state index contributed by atoms with van der Waals surface area (Å²) in [6.45, 7) is 4.78. The average Bonchev–Trinajstić information content (AvgIpc) is 2.79. The summed E-state index contributed by atoms with van der Waals surface area (Å²) in [5.74, 6) is 0.569. The Morgan fingerprint density at radius 2 is 1.94 bits per heavy atom. The van der Waals surface area contributed by atoms with E-state index in [1.54, 1.807) is 11.1 Å². The van der Waals surface area contributed by atoms with Gasteiger partial charge in [0.25, 0.3) is 0 Å². The zero-order valence-electron chi connectivity index (χ0n) is 11.7. The van der Waals surface area contributed by atoms with Crippen LogP contribution in [0.3, 0.4) is 0 Å². The van der Waals surface area contributed by atoms with E-state index < -0.39 is 0 Å². The maximum Gasteiger partial charge on any atom is 0.0108 e. The summed E-state index contributed by atoms with van der Waals surface area (Å²) < 4.78 is 0. The number of aryl methyl sites for hydroxylation is 2. The Balaban J connectivity index is 1.89. The third-order valence-electron chi connectivity index (χ3n) is 4.99. The van der Waals surface area contributed by atoms with Crippen LogP contribution in [0.1, 0.15) is 62.1 Å². The highest BCUT2D eigenvalue weighted by atomic mass is 14.7. The topological polar surface area (TPSA) is 26.0 Å². The number of fused-ring (bicyclic) bond motifs is 1. The van der Waals surface area contributed by atoms with E-state index in [-0.39, 0.29) is 0 Å². The molecule has 18 heavy (non-hydrogen) atoms. The van der Waals surface area contributed by atoms with Crippen molar-refractivity contribution in [3.8, 4) is 0 Å². The van der Waals surface area contributed by atoms with Gasteiger partial charge in [0, 0.05) is 6.04 Å². The predicted molar refractivity (Wildman–Crippen MR) is 76.8 cm³/mol. The van der Waals surface area contributed by atoms with Crippen molar-refractivity contribution in [1.82, 2.24) is 0 Å². The van der Waals surface area contributed by atoms with E-state index in [0.29, 0.717) is 17.4 Å². The second kappa shape index (κ2) is 4.38. The smallest absolute Gasteiger partial charge is 0.0108 e. The van der Waals surface area contributed by atoms with Crippen LogP contribution in [0.25, 0.3) is 0 Å². The van der Waals surface area contributed by atoms with Gasteiger partial charge in [-0.3, -0.25) is 0 Å². The number of hydrogen-bond donors (Lipinski definition) is 1. The highest BCUT2D eigenvalue weighted by Crippen LogP contribution is 2.43. The molecular weight excluding hydrogens is 218 g/mol. The first-order valence-corrected chi connectivity index (χ1v) is 7.42. The third-order valence-corrected chi connectivity index (χ3v) is 4.99. The maximum absolute atomic E-state index is 6.38. The molecule has 0 radical (unpaired) electrons. The van der Waals surface area contributed by atoms with Crippen molar-refractivity contribution in [2.24, 2.45) is 11.1 Å². The summed E-state index contributed by atoms with van der Waals surface area (Å²) in [6.07, 6.45) is 7.57. The third kappa shape index (κ3) is 2.21. The molecule has 1 nitrogen and oxygen atoms in total. The first kappa shape index (κ1) is 12.2. The van der Waals surface area contributed by atoms with Gasteiger partial charge < -0.3 is 5.73 Å². The molecular formula is C17H25N. The van der Waals surface area contributed by atoms with Crippen molar-refractivity contribution in [2.45, 2.75) is 64.3 Å². The lowest BCUT2D eigenvalue weighted by Crippen LogP contribution is -2.37. The molecule has 1 aromatic rings. The molecule has 2 aliphatic carbocycles. The van der Waals surface area contributed by atoms with Crippen LogP contribution in [0.5, 0.6) is 0 Å². The number of benzene rings is 1. The van der Waals surface area contributed by atoms with Gasteiger partial charge >= 0.3 is 0 Å². The zero-order chi connectivity index (χ0) is 12.8. The lowest BCUT2D eigenvalue weighted by Gasteiger charge is -2.39. The average molecular weight is 243 g/mol. The van der Waals surface area contributed by atoms with Gasteiger partial charge in [-0.15, -0.1) is 0 Å². The fourth-order valence-electron chi connectivity index (χ4n) is 3.79. The van der Waals surface area contributed by atoms with E-state index in [1.165, 1.54) is 44.1 Å². The molecule has 2 N–H and O–H groups in total. The summed E-state index contributed by atoms with van der Waals surface area (Å²) in [7, 11) is 0. The summed E-state index contributed by atoms with van der Waals surface area (Å²) in [5.41, 5.74) is 11.5. The van der Waals surface area contributed by atoms with Gasteiger partial charge in [0.2, 0.25) is 0 Å². The molecule has 0 bridgehead atoms. The van der Waals surface area contributed by atoms with Gasteiger partial charge in [0.1, 0.15) is 0 Å². The second-order valence-corrected chi connectivity index (χ2v) is 7.06. The van der Waals surface area contributed by atoms with Crippen LogP contribution >= 0.6 is 0 Å². The predicted octanol–water partition coefficient (Wildman–Crippen LogP) is 3.80. The minimum Gasteiger partial charge on any atom is -0.327 e. The minimum atomic E-state index is 0.359. The molecule has 1 fully saturated rings. The molecule has 0 aromatic heterocycles. The molecule has 0 amide bonds. The molecule has 1 aromatic carbocycles. The van der Waals surface area contributed by atoms with E-state index in [1.807, 2.05) is 0 Å². The molecule has 3 rings (SSSR count). The van der Waals surface area contributed by atoms with Crippen molar-refractivity contribution in [2.75, 3.05) is 0 Å². The summed E-state index contributed by atoms with van der Waals surface area (Å²) >= 11 is 0. The summed E-state index contributed by atoms with van der Waals surface area (Å²) in [5, 5.41) is 0. The van der Waals surface area contributed by atoms with Crippen molar-refractivity contribution < 1.29 is 0 Å². The Kier molecular flexibility index (Phi) is 2.97. The Morgan fingerprint density at radius 3 is 2.78 bits per heavy atom. The van der Waals surface area contributed by atoms with Crippen LogP contribution in [0.2, 0.25) is 0 Å². The van der Waals surface area contributed by atoms with Crippen LogP contribution in [-0.2, 0) is 12.8 Å². The van der Waals surface area contributed by atoms with E-state index in [9.17, 15) is 0 Å². The van der Waals surface area contributed by atoms with Gasteiger partial charge in [0.15, 0.2) is 0 Å². The van der Waals surface area contributed by atoms with E-state index in [2.05, 4.69) is 32.0 Å². The summed E-state index contributed by atoms with van der Waals surface area (Å²) in [6, 6.07) is 7.51. The van der Waals surface area contributed by atoms with Crippen LogP contribution in [0.4, 0.5) is 0 Å². The molecule has 2 aliphatic rings. The maximum atomic E-state index is 6.38.